The van der Waals surface area contributed by atoms with Crippen molar-refractivity contribution in [3.8, 4) is 0 Å². The fourth-order valence-corrected chi connectivity index (χ4v) is 0.940. The Labute approximate surface area is 92.1 Å². The van der Waals surface area contributed by atoms with Crippen LogP contribution in [-0.4, -0.2) is 31.6 Å². The van der Waals surface area contributed by atoms with E-state index in [2.05, 4.69) is 31.1 Å². The number of ether oxygens (including phenoxy) is 1. The fourth-order valence-electron chi connectivity index (χ4n) is 0.940. The van der Waals surface area contributed by atoms with Crippen molar-refractivity contribution in [3.63, 3.8) is 0 Å². The fraction of sp³-hybridized carbons (Fsp3) is 0.727. The van der Waals surface area contributed by atoms with E-state index in [0.29, 0.717) is 25.7 Å². The van der Waals surface area contributed by atoms with E-state index >= 15 is 0 Å². The molecule has 0 saturated carbocycles. The van der Waals surface area contributed by atoms with Gasteiger partial charge in [-0.05, 0) is 19.8 Å². The molecule has 1 amide bonds. The van der Waals surface area contributed by atoms with E-state index in [0.717, 1.165) is 12.8 Å². The molecule has 15 heavy (non-hydrogen) atoms. The topological polar surface area (TPSA) is 50.4 Å². The number of carbonyl (C=O) groups excluding carboxylic acids is 1. The minimum absolute atomic E-state index is 0.0360. The zero-order valence-electron chi connectivity index (χ0n) is 9.71. The first-order valence-corrected chi connectivity index (χ1v) is 5.43. The van der Waals surface area contributed by atoms with Crippen LogP contribution < -0.4 is 10.6 Å². The number of hydrogen-bond acceptors (Lipinski definition) is 3. The molecule has 0 saturated heterocycles. The molecule has 0 aliphatic heterocycles. The van der Waals surface area contributed by atoms with Gasteiger partial charge in [-0.1, -0.05) is 13.5 Å². The third kappa shape index (κ3) is 9.28. The first-order valence-electron chi connectivity index (χ1n) is 5.43. The lowest BCUT2D eigenvalue weighted by Gasteiger charge is -2.11. The molecule has 0 radical (unpaired) electrons. The van der Waals surface area contributed by atoms with Crippen LogP contribution >= 0.6 is 0 Å². The van der Waals surface area contributed by atoms with Crippen LogP contribution in [0.2, 0.25) is 0 Å². The van der Waals surface area contributed by atoms with Gasteiger partial charge in [0.15, 0.2) is 0 Å². The summed E-state index contributed by atoms with van der Waals surface area (Å²) in [5.41, 5.74) is 0. The molecule has 0 aromatic carbocycles. The lowest BCUT2D eigenvalue weighted by Crippen LogP contribution is -2.38. The van der Waals surface area contributed by atoms with Crippen LogP contribution in [0.4, 0.5) is 0 Å². The van der Waals surface area contributed by atoms with Crippen molar-refractivity contribution in [2.45, 2.75) is 32.7 Å². The molecule has 0 bridgehead atoms. The molecule has 0 aliphatic rings. The van der Waals surface area contributed by atoms with Crippen LogP contribution in [0.5, 0.6) is 0 Å². The van der Waals surface area contributed by atoms with Gasteiger partial charge < -0.3 is 15.4 Å². The van der Waals surface area contributed by atoms with Crippen LogP contribution in [0.3, 0.4) is 0 Å². The summed E-state index contributed by atoms with van der Waals surface area (Å²) in [4.78, 5) is 11.3. The maximum absolute atomic E-state index is 11.3. The highest BCUT2D eigenvalue weighted by Crippen LogP contribution is 1.86. The van der Waals surface area contributed by atoms with E-state index < -0.39 is 0 Å². The Morgan fingerprint density at radius 2 is 2.33 bits per heavy atom. The van der Waals surface area contributed by atoms with Crippen molar-refractivity contribution in [2.75, 3.05) is 19.7 Å². The third-order valence-corrected chi connectivity index (χ3v) is 2.10. The van der Waals surface area contributed by atoms with Gasteiger partial charge in [-0.3, -0.25) is 4.79 Å². The Bertz CT molecular complexity index is 183. The van der Waals surface area contributed by atoms with Gasteiger partial charge >= 0.3 is 0 Å². The average Bonchev–Trinajstić information content (AvgIpc) is 2.25. The molecule has 0 aromatic heterocycles. The maximum Gasteiger partial charge on any atom is 0.233 e. The van der Waals surface area contributed by atoms with Crippen molar-refractivity contribution in [1.82, 2.24) is 10.6 Å². The number of rotatable bonds is 9. The highest BCUT2D eigenvalue weighted by Gasteiger charge is 2.02. The lowest BCUT2D eigenvalue weighted by atomic mass is 10.2. The highest BCUT2D eigenvalue weighted by atomic mass is 16.5. The summed E-state index contributed by atoms with van der Waals surface area (Å²) in [6.07, 6.45) is 3.24. The van der Waals surface area contributed by atoms with E-state index in [1.165, 1.54) is 6.26 Å². The molecule has 1 unspecified atom stereocenters. The highest BCUT2D eigenvalue weighted by molar-refractivity contribution is 5.77. The van der Waals surface area contributed by atoms with Gasteiger partial charge in [-0.15, -0.1) is 0 Å². The summed E-state index contributed by atoms with van der Waals surface area (Å²) in [7, 11) is 0. The first kappa shape index (κ1) is 14.0. The molecule has 88 valence electrons. The average molecular weight is 214 g/mol. The molecule has 0 spiro atoms. The Morgan fingerprint density at radius 3 is 2.93 bits per heavy atom. The van der Waals surface area contributed by atoms with E-state index in [1.807, 2.05) is 0 Å². The largest absolute Gasteiger partial charge is 0.502 e. The van der Waals surface area contributed by atoms with E-state index in [1.54, 1.807) is 0 Å². The van der Waals surface area contributed by atoms with E-state index in [9.17, 15) is 4.79 Å². The van der Waals surface area contributed by atoms with Crippen molar-refractivity contribution in [2.24, 2.45) is 0 Å². The number of carbonyl (C=O) groups is 1. The molecular weight excluding hydrogens is 192 g/mol. The molecular formula is C11H22N2O2. The zero-order valence-corrected chi connectivity index (χ0v) is 9.71. The molecule has 4 heteroatoms. The summed E-state index contributed by atoms with van der Waals surface area (Å²) in [6, 6.07) is 0.389. The van der Waals surface area contributed by atoms with Crippen LogP contribution in [0, 0.1) is 0 Å². The molecule has 2 N–H and O–H groups in total. The third-order valence-electron chi connectivity index (χ3n) is 2.10. The molecule has 4 nitrogen and oxygen atoms in total. The summed E-state index contributed by atoms with van der Waals surface area (Å²) in [5, 5.41) is 5.93. The van der Waals surface area contributed by atoms with Crippen LogP contribution in [-0.2, 0) is 9.53 Å². The number of hydrogen-bond donors (Lipinski definition) is 2. The van der Waals surface area contributed by atoms with E-state index in [-0.39, 0.29) is 5.91 Å². The van der Waals surface area contributed by atoms with Gasteiger partial charge in [0.1, 0.15) is 0 Å². The second-order valence-corrected chi connectivity index (χ2v) is 3.43. The summed E-state index contributed by atoms with van der Waals surface area (Å²) in [6.45, 7) is 9.21. The smallest absolute Gasteiger partial charge is 0.233 e. The number of amides is 1. The van der Waals surface area contributed by atoms with Gasteiger partial charge in [-0.2, -0.15) is 0 Å². The van der Waals surface area contributed by atoms with Crippen molar-refractivity contribution in [1.29, 1.82) is 0 Å². The predicted molar refractivity (Wildman–Crippen MR) is 61.5 cm³/mol. The number of nitrogens with one attached hydrogen (secondary N) is 2. The summed E-state index contributed by atoms with van der Waals surface area (Å²) < 4.78 is 4.93. The van der Waals surface area contributed by atoms with Crippen LogP contribution in [0.25, 0.3) is 0 Å². The minimum Gasteiger partial charge on any atom is -0.502 e. The van der Waals surface area contributed by atoms with Crippen molar-refractivity contribution in [3.05, 3.63) is 12.8 Å². The Kier molecular flexibility index (Phi) is 8.87. The molecule has 0 aromatic rings. The molecule has 0 fully saturated rings. The normalized spacial score (nSPS) is 11.9. The predicted octanol–water partition coefficient (Wildman–Crippen LogP) is 1.04. The molecule has 0 aliphatic carbocycles. The Morgan fingerprint density at radius 1 is 1.60 bits per heavy atom. The van der Waals surface area contributed by atoms with Crippen molar-refractivity contribution < 1.29 is 9.53 Å². The summed E-state index contributed by atoms with van der Waals surface area (Å²) >= 11 is 0. The van der Waals surface area contributed by atoms with Gasteiger partial charge in [0, 0.05) is 12.6 Å². The Balaban J connectivity index is 3.29. The first-order chi connectivity index (χ1) is 7.20. The molecule has 0 rings (SSSR count). The van der Waals surface area contributed by atoms with Crippen molar-refractivity contribution >= 4 is 5.91 Å². The van der Waals surface area contributed by atoms with Crippen LogP contribution in [0.15, 0.2) is 12.8 Å². The van der Waals surface area contributed by atoms with Gasteiger partial charge in [0.05, 0.1) is 19.4 Å². The second kappa shape index (κ2) is 9.52. The monoisotopic (exact) mass is 214 g/mol. The van der Waals surface area contributed by atoms with Crippen LogP contribution in [0.1, 0.15) is 26.7 Å². The SMILES string of the molecule is C=COCCCNC(=O)CNC(C)CC. The Hall–Kier alpha value is -1.03. The quantitative estimate of drug-likeness (QED) is 0.445. The lowest BCUT2D eigenvalue weighted by molar-refractivity contribution is -0.120. The maximum atomic E-state index is 11.3. The zero-order chi connectivity index (χ0) is 11.5. The van der Waals surface area contributed by atoms with Gasteiger partial charge in [0.25, 0.3) is 0 Å². The molecule has 1 atom stereocenters. The second-order valence-electron chi connectivity index (χ2n) is 3.43. The standard InChI is InChI=1S/C11H22N2O2/c1-4-10(3)13-9-11(14)12-7-6-8-15-5-2/h5,10,13H,2,4,6-9H2,1,3H3,(H,12,14). The summed E-state index contributed by atoms with van der Waals surface area (Å²) in [5.74, 6) is 0.0360. The minimum atomic E-state index is 0.0360. The molecule has 0 heterocycles. The van der Waals surface area contributed by atoms with E-state index in [4.69, 9.17) is 4.74 Å². The van der Waals surface area contributed by atoms with Gasteiger partial charge in [-0.25, -0.2) is 0 Å². The van der Waals surface area contributed by atoms with Gasteiger partial charge in [0.2, 0.25) is 5.91 Å².